The van der Waals surface area contributed by atoms with Crippen molar-refractivity contribution in [1.29, 1.82) is 0 Å². The van der Waals surface area contributed by atoms with Gasteiger partial charge in [0.25, 0.3) is 5.91 Å². The molecule has 0 atom stereocenters. The minimum absolute atomic E-state index is 0.0910. The number of nitrogens with two attached hydrogens (primary N) is 1. The number of hydrogen-bond donors (Lipinski definition) is 2. The molecule has 1 saturated carbocycles. The quantitative estimate of drug-likeness (QED) is 0.599. The van der Waals surface area contributed by atoms with Gasteiger partial charge in [-0.25, -0.2) is 0 Å². The van der Waals surface area contributed by atoms with Crippen molar-refractivity contribution in [2.24, 2.45) is 5.84 Å². The molecule has 1 aliphatic rings. The average molecular weight is 219 g/mol. The van der Waals surface area contributed by atoms with E-state index in [1.165, 1.54) is 6.42 Å². The minimum Gasteiger partial charge on any atom is -0.339 e. The van der Waals surface area contributed by atoms with Gasteiger partial charge in [-0.15, -0.1) is 0 Å². The van der Waals surface area contributed by atoms with E-state index >= 15 is 0 Å². The second kappa shape index (κ2) is 4.53. The van der Waals surface area contributed by atoms with E-state index in [0.717, 1.165) is 18.5 Å². The van der Waals surface area contributed by atoms with Crippen molar-refractivity contribution in [3.05, 3.63) is 29.8 Å². The number of hydrazine groups is 1. The maximum absolute atomic E-state index is 12.1. The Labute approximate surface area is 95.4 Å². The van der Waals surface area contributed by atoms with E-state index in [9.17, 15) is 4.79 Å². The van der Waals surface area contributed by atoms with Crippen LogP contribution < -0.4 is 11.3 Å². The van der Waals surface area contributed by atoms with Crippen molar-refractivity contribution in [3.63, 3.8) is 0 Å². The Morgan fingerprint density at radius 3 is 2.44 bits per heavy atom. The fourth-order valence-electron chi connectivity index (χ4n) is 1.85. The van der Waals surface area contributed by atoms with E-state index in [2.05, 4.69) is 5.43 Å². The van der Waals surface area contributed by atoms with Gasteiger partial charge in [-0.3, -0.25) is 10.6 Å². The molecule has 3 N–H and O–H groups in total. The summed E-state index contributed by atoms with van der Waals surface area (Å²) < 4.78 is 0. The van der Waals surface area contributed by atoms with Gasteiger partial charge in [0.2, 0.25) is 0 Å². The molecule has 0 radical (unpaired) electrons. The van der Waals surface area contributed by atoms with Crippen LogP contribution in [0, 0.1) is 0 Å². The Balaban J connectivity index is 2.07. The standard InChI is InChI=1S/C12H17N3O/c1-15(11-3-2-4-11)12(16)9-5-7-10(14-13)8-6-9/h5-8,11,14H,2-4,13H2,1H3. The Morgan fingerprint density at radius 2 is 2.00 bits per heavy atom. The van der Waals surface area contributed by atoms with Crippen molar-refractivity contribution in [2.45, 2.75) is 25.3 Å². The molecule has 0 unspecified atom stereocenters. The van der Waals surface area contributed by atoms with Gasteiger partial charge < -0.3 is 10.3 Å². The molecule has 0 aliphatic heterocycles. The number of rotatable bonds is 3. The molecule has 0 bridgehead atoms. The number of benzene rings is 1. The molecule has 86 valence electrons. The van der Waals surface area contributed by atoms with Crippen LogP contribution in [0.4, 0.5) is 5.69 Å². The lowest BCUT2D eigenvalue weighted by molar-refractivity contribution is 0.0652. The summed E-state index contributed by atoms with van der Waals surface area (Å²) in [5.74, 6) is 5.36. The highest BCUT2D eigenvalue weighted by Crippen LogP contribution is 2.24. The van der Waals surface area contributed by atoms with E-state index in [1.54, 1.807) is 12.1 Å². The molecule has 1 aromatic carbocycles. The Hall–Kier alpha value is -1.55. The summed E-state index contributed by atoms with van der Waals surface area (Å²) in [6.45, 7) is 0. The summed E-state index contributed by atoms with van der Waals surface area (Å²) in [6.07, 6.45) is 3.49. The van der Waals surface area contributed by atoms with Gasteiger partial charge in [-0.1, -0.05) is 0 Å². The third-order valence-corrected chi connectivity index (χ3v) is 3.24. The summed E-state index contributed by atoms with van der Waals surface area (Å²) in [6, 6.07) is 7.64. The minimum atomic E-state index is 0.0910. The highest BCUT2D eigenvalue weighted by molar-refractivity contribution is 5.94. The maximum Gasteiger partial charge on any atom is 0.253 e. The van der Waals surface area contributed by atoms with Crippen LogP contribution >= 0.6 is 0 Å². The SMILES string of the molecule is CN(C(=O)c1ccc(NN)cc1)C1CCC1. The zero-order valence-corrected chi connectivity index (χ0v) is 9.44. The van der Waals surface area contributed by atoms with Crippen LogP contribution in [0.3, 0.4) is 0 Å². The number of hydrogen-bond acceptors (Lipinski definition) is 3. The summed E-state index contributed by atoms with van der Waals surface area (Å²) in [4.78, 5) is 13.9. The van der Waals surface area contributed by atoms with Crippen molar-refractivity contribution in [2.75, 3.05) is 12.5 Å². The molecular weight excluding hydrogens is 202 g/mol. The van der Waals surface area contributed by atoms with Crippen LogP contribution in [0.25, 0.3) is 0 Å². The van der Waals surface area contributed by atoms with Crippen LogP contribution in [-0.4, -0.2) is 23.9 Å². The van der Waals surface area contributed by atoms with Gasteiger partial charge in [0, 0.05) is 24.3 Å². The van der Waals surface area contributed by atoms with Crippen molar-refractivity contribution >= 4 is 11.6 Å². The molecule has 0 spiro atoms. The van der Waals surface area contributed by atoms with Crippen molar-refractivity contribution in [3.8, 4) is 0 Å². The first-order chi connectivity index (χ1) is 7.72. The van der Waals surface area contributed by atoms with Crippen LogP contribution in [0.5, 0.6) is 0 Å². The van der Waals surface area contributed by atoms with E-state index in [-0.39, 0.29) is 5.91 Å². The largest absolute Gasteiger partial charge is 0.339 e. The molecule has 4 heteroatoms. The molecule has 0 aromatic heterocycles. The zero-order valence-electron chi connectivity index (χ0n) is 9.44. The molecule has 0 heterocycles. The number of nitrogens with zero attached hydrogens (tertiary/aromatic N) is 1. The maximum atomic E-state index is 12.1. The van der Waals surface area contributed by atoms with Crippen LogP contribution in [0.1, 0.15) is 29.6 Å². The number of carbonyl (C=O) groups is 1. The van der Waals surface area contributed by atoms with Crippen LogP contribution in [0.2, 0.25) is 0 Å². The third-order valence-electron chi connectivity index (χ3n) is 3.24. The lowest BCUT2D eigenvalue weighted by Gasteiger charge is -2.34. The van der Waals surface area contributed by atoms with Crippen LogP contribution in [-0.2, 0) is 0 Å². The Kier molecular flexibility index (Phi) is 3.10. The molecule has 1 aliphatic carbocycles. The first-order valence-corrected chi connectivity index (χ1v) is 5.56. The second-order valence-electron chi connectivity index (χ2n) is 4.22. The number of nitrogens with one attached hydrogen (secondary N) is 1. The summed E-state index contributed by atoms with van der Waals surface area (Å²) in [5, 5.41) is 0. The Bertz CT molecular complexity index is 370. The number of amides is 1. The molecule has 16 heavy (non-hydrogen) atoms. The summed E-state index contributed by atoms with van der Waals surface area (Å²) >= 11 is 0. The molecule has 1 fully saturated rings. The fourth-order valence-corrected chi connectivity index (χ4v) is 1.85. The van der Waals surface area contributed by atoms with E-state index in [1.807, 2.05) is 24.1 Å². The van der Waals surface area contributed by atoms with Gasteiger partial charge in [0.05, 0.1) is 0 Å². The molecule has 1 aromatic rings. The molecule has 2 rings (SSSR count). The van der Waals surface area contributed by atoms with E-state index in [4.69, 9.17) is 5.84 Å². The number of anilines is 1. The van der Waals surface area contributed by atoms with E-state index in [0.29, 0.717) is 11.6 Å². The Morgan fingerprint density at radius 1 is 1.38 bits per heavy atom. The molecule has 1 amide bonds. The topological polar surface area (TPSA) is 58.4 Å². The smallest absolute Gasteiger partial charge is 0.253 e. The first kappa shape index (κ1) is 11.0. The van der Waals surface area contributed by atoms with Gasteiger partial charge in [-0.2, -0.15) is 0 Å². The predicted molar refractivity (Wildman–Crippen MR) is 64.0 cm³/mol. The summed E-state index contributed by atoms with van der Waals surface area (Å²) in [5.41, 5.74) is 4.07. The fraction of sp³-hybridized carbons (Fsp3) is 0.417. The van der Waals surface area contributed by atoms with Gasteiger partial charge in [0.15, 0.2) is 0 Å². The first-order valence-electron chi connectivity index (χ1n) is 5.56. The average Bonchev–Trinajstić information content (AvgIpc) is 2.26. The normalized spacial score (nSPS) is 15.4. The zero-order chi connectivity index (χ0) is 11.5. The number of carbonyl (C=O) groups excluding carboxylic acids is 1. The third kappa shape index (κ3) is 2.02. The van der Waals surface area contributed by atoms with Gasteiger partial charge in [-0.05, 0) is 43.5 Å². The molecular formula is C12H17N3O. The van der Waals surface area contributed by atoms with Gasteiger partial charge >= 0.3 is 0 Å². The second-order valence-corrected chi connectivity index (χ2v) is 4.22. The highest BCUT2D eigenvalue weighted by atomic mass is 16.2. The van der Waals surface area contributed by atoms with Crippen molar-refractivity contribution in [1.82, 2.24) is 4.90 Å². The number of nitrogen functional groups attached to an aromatic ring is 1. The summed E-state index contributed by atoms with van der Waals surface area (Å²) in [7, 11) is 1.88. The highest BCUT2D eigenvalue weighted by Gasteiger charge is 2.26. The van der Waals surface area contributed by atoms with Crippen molar-refractivity contribution < 1.29 is 4.79 Å². The molecule has 0 saturated heterocycles. The lowest BCUT2D eigenvalue weighted by Crippen LogP contribution is -2.41. The molecule has 4 nitrogen and oxygen atoms in total. The lowest BCUT2D eigenvalue weighted by atomic mass is 9.91. The van der Waals surface area contributed by atoms with E-state index < -0.39 is 0 Å². The van der Waals surface area contributed by atoms with Gasteiger partial charge in [0.1, 0.15) is 0 Å². The predicted octanol–water partition coefficient (Wildman–Crippen LogP) is 1.60. The van der Waals surface area contributed by atoms with Crippen LogP contribution in [0.15, 0.2) is 24.3 Å². The monoisotopic (exact) mass is 219 g/mol.